The molecule has 5 heteroatoms. The maximum Gasteiger partial charge on any atom is 0.308 e. The van der Waals surface area contributed by atoms with Crippen LogP contribution in [0.3, 0.4) is 0 Å². The molecule has 3 saturated heterocycles. The van der Waals surface area contributed by atoms with Gasteiger partial charge in [-0.25, -0.2) is 0 Å². The second-order valence-electron chi connectivity index (χ2n) is 6.60. The maximum absolute atomic E-state index is 11.7. The Balaban J connectivity index is 1.16. The molecule has 0 N–H and O–H groups in total. The van der Waals surface area contributed by atoms with Crippen LogP contribution in [0.15, 0.2) is 0 Å². The highest BCUT2D eigenvalue weighted by Crippen LogP contribution is 2.34. The van der Waals surface area contributed by atoms with Crippen LogP contribution in [0.4, 0.5) is 0 Å². The van der Waals surface area contributed by atoms with E-state index in [0.29, 0.717) is 37.4 Å². The maximum atomic E-state index is 11.7. The summed E-state index contributed by atoms with van der Waals surface area (Å²) in [5.74, 6) is -0.141. The van der Waals surface area contributed by atoms with Gasteiger partial charge in [-0.2, -0.15) is 0 Å². The van der Waals surface area contributed by atoms with Crippen molar-refractivity contribution in [3.63, 3.8) is 0 Å². The van der Waals surface area contributed by atoms with Crippen LogP contribution in [0.2, 0.25) is 0 Å². The van der Waals surface area contributed by atoms with Gasteiger partial charge >= 0.3 is 5.97 Å². The minimum absolute atomic E-state index is 0.0789. The van der Waals surface area contributed by atoms with Crippen molar-refractivity contribution in [2.24, 2.45) is 0 Å². The number of ether oxygens (including phenoxy) is 4. The summed E-state index contributed by atoms with van der Waals surface area (Å²) in [7, 11) is 0. The highest BCUT2D eigenvalue weighted by atomic mass is 16.6. The molecule has 0 aromatic rings. The monoisotopic (exact) mass is 312 g/mol. The molecule has 0 bridgehead atoms. The smallest absolute Gasteiger partial charge is 0.308 e. The topological polar surface area (TPSA) is 63.9 Å². The molecule has 0 aromatic carbocycles. The van der Waals surface area contributed by atoms with Gasteiger partial charge in [-0.15, -0.1) is 0 Å². The number of hydrogen-bond acceptors (Lipinski definition) is 5. The van der Waals surface area contributed by atoms with Gasteiger partial charge < -0.3 is 18.9 Å². The summed E-state index contributed by atoms with van der Waals surface area (Å²) in [5, 5.41) is 0. The number of carbonyl (C=O) groups excluding carboxylic acids is 1. The molecule has 22 heavy (non-hydrogen) atoms. The first kappa shape index (κ1) is 16.2. The Morgan fingerprint density at radius 3 is 1.95 bits per heavy atom. The summed E-state index contributed by atoms with van der Waals surface area (Å²) in [5.41, 5.74) is 0. The van der Waals surface area contributed by atoms with Gasteiger partial charge in [0.05, 0.1) is 49.7 Å². The fraction of sp³-hybridized carbons (Fsp3) is 0.941. The first-order valence-electron chi connectivity index (χ1n) is 8.83. The Labute approximate surface area is 132 Å². The third kappa shape index (κ3) is 4.67. The van der Waals surface area contributed by atoms with Crippen molar-refractivity contribution in [2.45, 2.75) is 95.4 Å². The number of hydrogen-bond donors (Lipinski definition) is 0. The minimum atomic E-state index is -0.141. The lowest BCUT2D eigenvalue weighted by Crippen LogP contribution is -2.11. The number of epoxide rings is 3. The predicted octanol–water partition coefficient (Wildman–Crippen LogP) is 2.60. The molecule has 3 rings (SSSR count). The molecule has 0 aromatic heterocycles. The lowest BCUT2D eigenvalue weighted by atomic mass is 10.1. The molecule has 126 valence electrons. The Morgan fingerprint density at radius 1 is 0.818 bits per heavy atom. The predicted molar refractivity (Wildman–Crippen MR) is 80.6 cm³/mol. The lowest BCUT2D eigenvalue weighted by Gasteiger charge is -2.01. The van der Waals surface area contributed by atoms with Gasteiger partial charge in [-0.3, -0.25) is 4.79 Å². The minimum Gasteiger partial charge on any atom is -0.465 e. The van der Waals surface area contributed by atoms with E-state index < -0.39 is 0 Å². The number of carbonyl (C=O) groups is 1. The van der Waals surface area contributed by atoms with Gasteiger partial charge in [0.1, 0.15) is 0 Å². The Morgan fingerprint density at radius 2 is 1.36 bits per heavy atom. The highest BCUT2D eigenvalue weighted by molar-refractivity contribution is 5.70. The van der Waals surface area contributed by atoms with Crippen LogP contribution < -0.4 is 0 Å². The third-order valence-electron chi connectivity index (χ3n) is 4.88. The number of rotatable bonds is 11. The quantitative estimate of drug-likeness (QED) is 0.433. The van der Waals surface area contributed by atoms with Crippen LogP contribution in [0.25, 0.3) is 0 Å². The molecule has 6 atom stereocenters. The average molecular weight is 312 g/mol. The fourth-order valence-electron chi connectivity index (χ4n) is 3.23. The number of esters is 1. The molecule has 0 radical (unpaired) electrons. The van der Waals surface area contributed by atoms with Gasteiger partial charge in [-0.05, 0) is 32.1 Å². The molecule has 3 aliphatic rings. The van der Waals surface area contributed by atoms with E-state index in [1.165, 1.54) is 0 Å². The molecule has 0 spiro atoms. The summed E-state index contributed by atoms with van der Waals surface area (Å²) in [6.45, 7) is 4.74. The van der Waals surface area contributed by atoms with Crippen LogP contribution in [-0.4, -0.2) is 49.2 Å². The van der Waals surface area contributed by atoms with Crippen molar-refractivity contribution >= 4 is 5.97 Å². The summed E-state index contributed by atoms with van der Waals surface area (Å²) in [6, 6.07) is 0. The summed E-state index contributed by atoms with van der Waals surface area (Å²) in [6.07, 6.45) is 8.63. The van der Waals surface area contributed by atoms with Crippen molar-refractivity contribution < 1.29 is 23.7 Å². The van der Waals surface area contributed by atoms with Crippen LogP contribution in [0, 0.1) is 0 Å². The largest absolute Gasteiger partial charge is 0.465 e. The SMILES string of the molecule is CCC1OC1CCCC1OC1CC(=O)OCCC1OC1CC. The van der Waals surface area contributed by atoms with Crippen LogP contribution in [0.5, 0.6) is 0 Å². The van der Waals surface area contributed by atoms with E-state index in [1.807, 2.05) is 0 Å². The van der Waals surface area contributed by atoms with Gasteiger partial charge in [0.25, 0.3) is 0 Å². The molecule has 3 aliphatic heterocycles. The van der Waals surface area contributed by atoms with E-state index in [9.17, 15) is 4.79 Å². The van der Waals surface area contributed by atoms with Crippen LogP contribution in [0.1, 0.15) is 58.8 Å². The van der Waals surface area contributed by atoms with Gasteiger partial charge in [-0.1, -0.05) is 13.8 Å². The van der Waals surface area contributed by atoms with E-state index in [1.54, 1.807) is 0 Å². The zero-order valence-corrected chi connectivity index (χ0v) is 13.7. The second kappa shape index (κ2) is 7.28. The van der Waals surface area contributed by atoms with Gasteiger partial charge in [0.2, 0.25) is 0 Å². The zero-order chi connectivity index (χ0) is 15.5. The molecule has 5 nitrogen and oxygen atoms in total. The average Bonchev–Trinajstić information content (AvgIpc) is 3.37. The van der Waals surface area contributed by atoms with Crippen molar-refractivity contribution in [1.82, 2.24) is 0 Å². The van der Waals surface area contributed by atoms with E-state index in [0.717, 1.165) is 38.5 Å². The molecule has 6 unspecified atom stereocenters. The Hall–Kier alpha value is -0.650. The summed E-state index contributed by atoms with van der Waals surface area (Å²) in [4.78, 5) is 11.7. The first-order chi connectivity index (χ1) is 10.7. The van der Waals surface area contributed by atoms with Crippen molar-refractivity contribution in [2.75, 3.05) is 6.61 Å². The molecular weight excluding hydrogens is 284 g/mol. The highest BCUT2D eigenvalue weighted by Gasteiger charge is 2.42. The third-order valence-corrected chi connectivity index (χ3v) is 4.88. The van der Waals surface area contributed by atoms with Crippen molar-refractivity contribution in [3.8, 4) is 0 Å². The second-order valence-corrected chi connectivity index (χ2v) is 6.60. The molecule has 3 heterocycles. The van der Waals surface area contributed by atoms with Crippen LogP contribution in [-0.2, 0) is 23.7 Å². The Kier molecular flexibility index (Phi) is 5.37. The molecular formula is C17H28O5. The van der Waals surface area contributed by atoms with Crippen LogP contribution >= 0.6 is 0 Å². The molecule has 0 aliphatic carbocycles. The standard InChI is InChI=1S/C17H28O5/c1-3-11-13(20-11)6-5-7-14-16(22-14)10-17(18)19-9-8-15-12(4-2)21-15/h11-16H,3-10H2,1-2H3. The molecule has 0 saturated carbocycles. The van der Waals surface area contributed by atoms with Gasteiger partial charge in [0.15, 0.2) is 0 Å². The fourth-order valence-corrected chi connectivity index (χ4v) is 3.23. The van der Waals surface area contributed by atoms with E-state index in [4.69, 9.17) is 18.9 Å². The molecule has 0 amide bonds. The van der Waals surface area contributed by atoms with Gasteiger partial charge in [0, 0.05) is 6.42 Å². The lowest BCUT2D eigenvalue weighted by molar-refractivity contribution is -0.144. The molecule has 3 fully saturated rings. The van der Waals surface area contributed by atoms with E-state index in [-0.39, 0.29) is 18.2 Å². The van der Waals surface area contributed by atoms with Crippen molar-refractivity contribution in [1.29, 1.82) is 0 Å². The van der Waals surface area contributed by atoms with E-state index in [2.05, 4.69) is 13.8 Å². The van der Waals surface area contributed by atoms with Crippen molar-refractivity contribution in [3.05, 3.63) is 0 Å². The summed E-state index contributed by atoms with van der Waals surface area (Å²) < 4.78 is 21.7. The Bertz CT molecular complexity index is 385. The first-order valence-corrected chi connectivity index (χ1v) is 8.83. The van der Waals surface area contributed by atoms with E-state index >= 15 is 0 Å². The normalized spacial score (nSPS) is 38.6. The summed E-state index contributed by atoms with van der Waals surface area (Å²) >= 11 is 0. The zero-order valence-electron chi connectivity index (χ0n) is 13.7.